The number of hydrogen-bond donors (Lipinski definition) is 1. The summed E-state index contributed by atoms with van der Waals surface area (Å²) in [6.45, 7) is 4.96. The van der Waals surface area contributed by atoms with Crippen LogP contribution in [0.2, 0.25) is 0 Å². The number of methoxy groups -OCH3 is 1. The first-order valence-electron chi connectivity index (χ1n) is 7.30. The quantitative estimate of drug-likeness (QED) is 0.595. The molecule has 2 nitrogen and oxygen atoms in total. The van der Waals surface area contributed by atoms with Crippen LogP contribution in [0.25, 0.3) is 0 Å². The highest BCUT2D eigenvalue weighted by Gasteiger charge is 2.11. The van der Waals surface area contributed by atoms with Gasteiger partial charge in [-0.1, -0.05) is 35.0 Å². The maximum absolute atomic E-state index is 5.09. The standard InChI is InChI=1S/C16H26BrNOS/c1-3-20-12-4-5-15(13-18-10-11-19-2)14-6-8-16(17)9-7-14/h6-9,15,18H,3-5,10-13H2,1-2H3. The number of hydrogen-bond acceptors (Lipinski definition) is 3. The van der Waals surface area contributed by atoms with Crippen LogP contribution in [0.3, 0.4) is 0 Å². The van der Waals surface area contributed by atoms with Crippen LogP contribution in [0.5, 0.6) is 0 Å². The summed E-state index contributed by atoms with van der Waals surface area (Å²) in [4.78, 5) is 0. The van der Waals surface area contributed by atoms with Crippen molar-refractivity contribution in [3.05, 3.63) is 34.3 Å². The third kappa shape index (κ3) is 7.67. The van der Waals surface area contributed by atoms with Gasteiger partial charge in [-0.3, -0.25) is 0 Å². The van der Waals surface area contributed by atoms with E-state index in [0.717, 1.165) is 24.2 Å². The normalized spacial score (nSPS) is 12.6. The van der Waals surface area contributed by atoms with Crippen molar-refractivity contribution < 1.29 is 4.74 Å². The molecule has 0 bridgehead atoms. The van der Waals surface area contributed by atoms with Crippen molar-refractivity contribution in [1.82, 2.24) is 5.32 Å². The Balaban J connectivity index is 2.47. The molecule has 1 unspecified atom stereocenters. The smallest absolute Gasteiger partial charge is 0.0587 e. The molecule has 1 aromatic carbocycles. The van der Waals surface area contributed by atoms with E-state index in [0.29, 0.717) is 5.92 Å². The monoisotopic (exact) mass is 359 g/mol. The molecule has 0 aromatic heterocycles. The second-order valence-corrected chi connectivity index (χ2v) is 7.09. The predicted molar refractivity (Wildman–Crippen MR) is 93.9 cm³/mol. The maximum atomic E-state index is 5.09. The highest BCUT2D eigenvalue weighted by Crippen LogP contribution is 2.23. The molecular weight excluding hydrogens is 334 g/mol. The summed E-state index contributed by atoms with van der Waals surface area (Å²) >= 11 is 5.54. The second kappa shape index (κ2) is 11.6. The highest BCUT2D eigenvalue weighted by atomic mass is 79.9. The molecule has 0 aliphatic rings. The van der Waals surface area contributed by atoms with Gasteiger partial charge in [0, 0.05) is 24.7 Å². The van der Waals surface area contributed by atoms with E-state index in [1.54, 1.807) is 7.11 Å². The van der Waals surface area contributed by atoms with Gasteiger partial charge in [-0.05, 0) is 48.0 Å². The van der Waals surface area contributed by atoms with Crippen molar-refractivity contribution >= 4 is 27.7 Å². The van der Waals surface area contributed by atoms with Gasteiger partial charge in [-0.2, -0.15) is 11.8 Å². The van der Waals surface area contributed by atoms with Gasteiger partial charge in [-0.15, -0.1) is 0 Å². The van der Waals surface area contributed by atoms with E-state index in [-0.39, 0.29) is 0 Å². The third-order valence-electron chi connectivity index (χ3n) is 3.26. The summed E-state index contributed by atoms with van der Waals surface area (Å²) < 4.78 is 6.23. The van der Waals surface area contributed by atoms with Crippen LogP contribution in [-0.4, -0.2) is 38.3 Å². The zero-order valence-corrected chi connectivity index (χ0v) is 14.9. The van der Waals surface area contributed by atoms with E-state index in [4.69, 9.17) is 4.74 Å². The Morgan fingerprint density at radius 3 is 2.70 bits per heavy atom. The number of benzene rings is 1. The van der Waals surface area contributed by atoms with Crippen LogP contribution in [0.1, 0.15) is 31.2 Å². The molecule has 114 valence electrons. The van der Waals surface area contributed by atoms with Gasteiger partial charge in [0.15, 0.2) is 0 Å². The topological polar surface area (TPSA) is 21.3 Å². The fraction of sp³-hybridized carbons (Fsp3) is 0.625. The van der Waals surface area contributed by atoms with E-state index in [2.05, 4.69) is 52.4 Å². The Hall–Kier alpha value is -0.0300. The molecular formula is C16H26BrNOS. The van der Waals surface area contributed by atoms with Crippen LogP contribution < -0.4 is 5.32 Å². The molecule has 0 heterocycles. The Kier molecular flexibility index (Phi) is 10.5. The van der Waals surface area contributed by atoms with Gasteiger partial charge in [0.2, 0.25) is 0 Å². The average Bonchev–Trinajstić information content (AvgIpc) is 2.47. The largest absolute Gasteiger partial charge is 0.383 e. The molecule has 1 aromatic rings. The minimum absolute atomic E-state index is 0.595. The number of nitrogens with one attached hydrogen (secondary N) is 1. The molecule has 0 amide bonds. The summed E-state index contributed by atoms with van der Waals surface area (Å²) in [6, 6.07) is 8.75. The summed E-state index contributed by atoms with van der Waals surface area (Å²) in [5.41, 5.74) is 1.43. The van der Waals surface area contributed by atoms with Crippen molar-refractivity contribution in [3.63, 3.8) is 0 Å². The van der Waals surface area contributed by atoms with E-state index in [1.807, 2.05) is 11.8 Å². The fourth-order valence-electron chi connectivity index (χ4n) is 2.15. The predicted octanol–water partition coefficient (Wildman–Crippen LogP) is 4.30. The minimum Gasteiger partial charge on any atom is -0.383 e. The fourth-order valence-corrected chi connectivity index (χ4v) is 3.07. The number of rotatable bonds is 11. The zero-order chi connectivity index (χ0) is 14.6. The Bertz CT molecular complexity index is 333. The Morgan fingerprint density at radius 1 is 1.30 bits per heavy atom. The van der Waals surface area contributed by atoms with Crippen molar-refractivity contribution in [2.75, 3.05) is 38.3 Å². The van der Waals surface area contributed by atoms with Crippen LogP contribution in [-0.2, 0) is 4.74 Å². The Labute approximate surface area is 136 Å². The SMILES string of the molecule is CCSCCCC(CNCCOC)c1ccc(Br)cc1. The molecule has 0 aliphatic heterocycles. The molecule has 0 saturated heterocycles. The van der Waals surface area contributed by atoms with E-state index >= 15 is 0 Å². The van der Waals surface area contributed by atoms with E-state index < -0.39 is 0 Å². The van der Waals surface area contributed by atoms with Gasteiger partial charge in [0.1, 0.15) is 0 Å². The van der Waals surface area contributed by atoms with Crippen molar-refractivity contribution in [1.29, 1.82) is 0 Å². The summed E-state index contributed by atoms with van der Waals surface area (Å²) in [5, 5.41) is 3.50. The van der Waals surface area contributed by atoms with E-state index in [9.17, 15) is 0 Å². The molecule has 20 heavy (non-hydrogen) atoms. The van der Waals surface area contributed by atoms with E-state index in [1.165, 1.54) is 29.9 Å². The molecule has 1 atom stereocenters. The first-order chi connectivity index (χ1) is 9.77. The summed E-state index contributed by atoms with van der Waals surface area (Å²) in [5.74, 6) is 3.08. The van der Waals surface area contributed by atoms with Crippen molar-refractivity contribution in [3.8, 4) is 0 Å². The number of ether oxygens (including phenoxy) is 1. The van der Waals surface area contributed by atoms with Gasteiger partial charge in [0.25, 0.3) is 0 Å². The minimum atomic E-state index is 0.595. The molecule has 0 fully saturated rings. The van der Waals surface area contributed by atoms with Gasteiger partial charge >= 0.3 is 0 Å². The van der Waals surface area contributed by atoms with Gasteiger partial charge < -0.3 is 10.1 Å². The second-order valence-electron chi connectivity index (χ2n) is 4.78. The lowest BCUT2D eigenvalue weighted by molar-refractivity contribution is 0.198. The first kappa shape index (κ1) is 18.0. The summed E-state index contributed by atoms with van der Waals surface area (Å²) in [6.07, 6.45) is 2.53. The van der Waals surface area contributed by atoms with Crippen molar-refractivity contribution in [2.45, 2.75) is 25.7 Å². The highest BCUT2D eigenvalue weighted by molar-refractivity contribution is 9.10. The molecule has 1 rings (SSSR count). The molecule has 0 saturated carbocycles. The number of halogens is 1. The third-order valence-corrected chi connectivity index (χ3v) is 4.77. The molecule has 4 heteroatoms. The van der Waals surface area contributed by atoms with Crippen LogP contribution in [0.4, 0.5) is 0 Å². The van der Waals surface area contributed by atoms with Gasteiger partial charge in [-0.25, -0.2) is 0 Å². The van der Waals surface area contributed by atoms with Crippen LogP contribution in [0, 0.1) is 0 Å². The lowest BCUT2D eigenvalue weighted by atomic mass is 9.94. The van der Waals surface area contributed by atoms with Gasteiger partial charge in [0.05, 0.1) is 6.61 Å². The molecule has 1 N–H and O–H groups in total. The maximum Gasteiger partial charge on any atom is 0.0587 e. The molecule has 0 aliphatic carbocycles. The van der Waals surface area contributed by atoms with Crippen LogP contribution in [0.15, 0.2) is 28.7 Å². The zero-order valence-electron chi connectivity index (χ0n) is 12.5. The van der Waals surface area contributed by atoms with Crippen LogP contribution >= 0.6 is 27.7 Å². The molecule has 0 radical (unpaired) electrons. The molecule has 0 spiro atoms. The Morgan fingerprint density at radius 2 is 2.05 bits per heavy atom. The van der Waals surface area contributed by atoms with Crippen molar-refractivity contribution in [2.24, 2.45) is 0 Å². The number of thioether (sulfide) groups is 1. The lowest BCUT2D eigenvalue weighted by Crippen LogP contribution is -2.25. The summed E-state index contributed by atoms with van der Waals surface area (Å²) in [7, 11) is 1.75. The first-order valence-corrected chi connectivity index (χ1v) is 9.25. The lowest BCUT2D eigenvalue weighted by Gasteiger charge is -2.18. The average molecular weight is 360 g/mol.